The smallest absolute Gasteiger partial charge is 0.119 e. The molecule has 138 valence electrons. The van der Waals surface area contributed by atoms with Crippen LogP contribution in [0.3, 0.4) is 0 Å². The van der Waals surface area contributed by atoms with E-state index in [1.54, 1.807) is 7.11 Å². The lowest BCUT2D eigenvalue weighted by Crippen LogP contribution is -2.25. The highest BCUT2D eigenvalue weighted by molar-refractivity contribution is 6.18. The first kappa shape index (κ1) is 16.9. The van der Waals surface area contributed by atoms with Crippen LogP contribution < -0.4 is 9.64 Å². The second-order valence-electron chi connectivity index (χ2n) is 7.57. The Balaban J connectivity index is 1.74. The van der Waals surface area contributed by atoms with Crippen molar-refractivity contribution in [3.8, 4) is 28.0 Å². The Kier molecular flexibility index (Phi) is 3.87. The molecule has 0 fully saturated rings. The van der Waals surface area contributed by atoms with Crippen molar-refractivity contribution in [2.24, 2.45) is 0 Å². The van der Waals surface area contributed by atoms with Gasteiger partial charge in [0, 0.05) is 22.8 Å². The van der Waals surface area contributed by atoms with Crippen LogP contribution in [0.4, 0.5) is 11.4 Å². The third kappa shape index (κ3) is 2.41. The van der Waals surface area contributed by atoms with E-state index in [0.717, 1.165) is 5.75 Å². The molecule has 4 aromatic carbocycles. The van der Waals surface area contributed by atoms with Gasteiger partial charge < -0.3 is 9.64 Å². The minimum atomic E-state index is 0.328. The Morgan fingerprint density at radius 2 is 1.32 bits per heavy atom. The highest BCUT2D eigenvalue weighted by Crippen LogP contribution is 2.50. The zero-order valence-corrected chi connectivity index (χ0v) is 16.4. The van der Waals surface area contributed by atoms with Gasteiger partial charge in [0.05, 0.1) is 7.11 Å². The lowest BCUT2D eigenvalue weighted by atomic mass is 10.00. The van der Waals surface area contributed by atoms with Gasteiger partial charge in [0.15, 0.2) is 0 Å². The van der Waals surface area contributed by atoms with Gasteiger partial charge in [0.1, 0.15) is 5.75 Å². The number of fused-ring (bicyclic) bond motifs is 3. The molecule has 0 aromatic heterocycles. The predicted octanol–water partition coefficient (Wildman–Crippen LogP) is 7.04. The number of anilines is 2. The summed E-state index contributed by atoms with van der Waals surface area (Å²) in [6, 6.07) is 28.6. The quantitative estimate of drug-likeness (QED) is 0.338. The van der Waals surface area contributed by atoms with Gasteiger partial charge in [0.25, 0.3) is 0 Å². The van der Waals surface area contributed by atoms with Crippen LogP contribution in [0.5, 0.6) is 5.75 Å². The Morgan fingerprint density at radius 1 is 0.679 bits per heavy atom. The molecule has 5 rings (SSSR count). The Labute approximate surface area is 166 Å². The molecule has 2 nitrogen and oxygen atoms in total. The van der Waals surface area contributed by atoms with E-state index in [-0.39, 0.29) is 0 Å². The van der Waals surface area contributed by atoms with Crippen molar-refractivity contribution in [2.75, 3.05) is 12.0 Å². The van der Waals surface area contributed by atoms with E-state index >= 15 is 0 Å². The third-order valence-electron chi connectivity index (χ3n) is 5.65. The lowest BCUT2D eigenvalue weighted by molar-refractivity contribution is 0.415. The van der Waals surface area contributed by atoms with E-state index in [0.29, 0.717) is 6.04 Å². The van der Waals surface area contributed by atoms with Gasteiger partial charge in [-0.1, -0.05) is 48.5 Å². The van der Waals surface area contributed by atoms with Crippen molar-refractivity contribution in [3.63, 3.8) is 0 Å². The Bertz CT molecular complexity index is 1150. The molecule has 28 heavy (non-hydrogen) atoms. The number of benzene rings is 4. The third-order valence-corrected chi connectivity index (χ3v) is 5.65. The standard InChI is InChI=1S/C26H23NO/c1-17(2)27(18-11-13-19(28-3)14-12-18)25-16-15-23-21-8-5-4-7-20(21)22-9-6-10-24(25)26(22)23/h4-17H,1-3H3. The van der Waals surface area contributed by atoms with E-state index in [1.807, 2.05) is 12.1 Å². The minimum absolute atomic E-state index is 0.328. The molecule has 1 aliphatic carbocycles. The highest BCUT2D eigenvalue weighted by atomic mass is 16.5. The summed E-state index contributed by atoms with van der Waals surface area (Å²) >= 11 is 0. The molecule has 0 amide bonds. The zero-order valence-electron chi connectivity index (χ0n) is 16.4. The molecule has 4 aromatic rings. The monoisotopic (exact) mass is 365 g/mol. The van der Waals surface area contributed by atoms with Gasteiger partial charge in [-0.25, -0.2) is 0 Å². The molecule has 0 unspecified atom stereocenters. The van der Waals surface area contributed by atoms with Gasteiger partial charge in [0.2, 0.25) is 0 Å². The van der Waals surface area contributed by atoms with Gasteiger partial charge >= 0.3 is 0 Å². The second kappa shape index (κ2) is 6.42. The number of rotatable bonds is 4. The highest BCUT2D eigenvalue weighted by Gasteiger charge is 2.24. The molecule has 2 heteroatoms. The Hall–Kier alpha value is -3.26. The molecular formula is C26H23NO. The fourth-order valence-electron chi connectivity index (χ4n) is 4.46. The average molecular weight is 365 g/mol. The van der Waals surface area contributed by atoms with Crippen LogP contribution in [-0.4, -0.2) is 13.2 Å². The van der Waals surface area contributed by atoms with Crippen LogP contribution in [0.2, 0.25) is 0 Å². The maximum absolute atomic E-state index is 5.34. The van der Waals surface area contributed by atoms with E-state index in [4.69, 9.17) is 4.74 Å². The van der Waals surface area contributed by atoms with Gasteiger partial charge in [-0.05, 0) is 71.8 Å². The van der Waals surface area contributed by atoms with Crippen LogP contribution in [0.25, 0.3) is 33.0 Å². The molecule has 0 bridgehead atoms. The summed E-state index contributed by atoms with van der Waals surface area (Å²) in [4.78, 5) is 2.41. The van der Waals surface area contributed by atoms with Gasteiger partial charge in [-0.15, -0.1) is 0 Å². The summed E-state index contributed by atoms with van der Waals surface area (Å²) in [7, 11) is 1.70. The van der Waals surface area contributed by atoms with Crippen LogP contribution in [0.1, 0.15) is 13.8 Å². The number of methoxy groups -OCH3 is 1. The topological polar surface area (TPSA) is 12.5 Å². The van der Waals surface area contributed by atoms with Gasteiger partial charge in [-0.2, -0.15) is 0 Å². The van der Waals surface area contributed by atoms with Crippen molar-refractivity contribution < 1.29 is 4.74 Å². The van der Waals surface area contributed by atoms with E-state index in [2.05, 4.69) is 85.5 Å². The van der Waals surface area contributed by atoms with E-state index < -0.39 is 0 Å². The fourth-order valence-corrected chi connectivity index (χ4v) is 4.46. The maximum atomic E-state index is 5.34. The van der Waals surface area contributed by atoms with Crippen LogP contribution >= 0.6 is 0 Å². The lowest BCUT2D eigenvalue weighted by Gasteiger charge is -2.30. The number of nitrogens with zero attached hydrogens (tertiary/aromatic N) is 1. The van der Waals surface area contributed by atoms with Crippen molar-refractivity contribution in [1.82, 2.24) is 0 Å². The first-order valence-corrected chi connectivity index (χ1v) is 9.78. The van der Waals surface area contributed by atoms with Crippen LogP contribution in [0, 0.1) is 0 Å². The molecular weight excluding hydrogens is 342 g/mol. The molecule has 0 aliphatic heterocycles. The fraction of sp³-hybridized carbons (Fsp3) is 0.154. The summed E-state index contributed by atoms with van der Waals surface area (Å²) in [6.45, 7) is 4.48. The molecule has 0 saturated carbocycles. The van der Waals surface area contributed by atoms with E-state index in [1.165, 1.54) is 44.4 Å². The van der Waals surface area contributed by atoms with Crippen molar-refractivity contribution in [1.29, 1.82) is 0 Å². The van der Waals surface area contributed by atoms with Gasteiger partial charge in [-0.3, -0.25) is 0 Å². The SMILES string of the molecule is COc1ccc(N(c2ccc3c4c(cccc24)-c2ccccc2-3)C(C)C)cc1. The molecule has 0 heterocycles. The molecule has 0 N–H and O–H groups in total. The molecule has 0 spiro atoms. The largest absolute Gasteiger partial charge is 0.497 e. The average Bonchev–Trinajstić information content (AvgIpc) is 3.06. The summed E-state index contributed by atoms with van der Waals surface area (Å²) in [5.74, 6) is 0.878. The minimum Gasteiger partial charge on any atom is -0.497 e. The van der Waals surface area contributed by atoms with E-state index in [9.17, 15) is 0 Å². The van der Waals surface area contributed by atoms with Crippen molar-refractivity contribution in [3.05, 3.63) is 78.9 Å². The summed E-state index contributed by atoms with van der Waals surface area (Å²) in [5.41, 5.74) is 7.76. The molecule has 0 radical (unpaired) electrons. The van der Waals surface area contributed by atoms with Crippen molar-refractivity contribution >= 4 is 22.1 Å². The first-order chi connectivity index (χ1) is 13.7. The number of hydrogen-bond acceptors (Lipinski definition) is 2. The predicted molar refractivity (Wildman–Crippen MR) is 119 cm³/mol. The second-order valence-corrected chi connectivity index (χ2v) is 7.57. The van der Waals surface area contributed by atoms with Crippen molar-refractivity contribution in [2.45, 2.75) is 19.9 Å². The Morgan fingerprint density at radius 3 is 1.96 bits per heavy atom. The molecule has 0 atom stereocenters. The number of ether oxygens (including phenoxy) is 1. The first-order valence-electron chi connectivity index (χ1n) is 9.78. The zero-order chi connectivity index (χ0) is 19.3. The molecule has 0 saturated heterocycles. The maximum Gasteiger partial charge on any atom is 0.119 e. The summed E-state index contributed by atoms with van der Waals surface area (Å²) < 4.78 is 5.34. The van der Waals surface area contributed by atoms with Crippen LogP contribution in [0.15, 0.2) is 78.9 Å². The normalized spacial score (nSPS) is 11.7. The summed E-state index contributed by atoms with van der Waals surface area (Å²) in [5, 5.41) is 2.66. The molecule has 1 aliphatic rings. The summed E-state index contributed by atoms with van der Waals surface area (Å²) in [6.07, 6.45) is 0. The number of hydrogen-bond donors (Lipinski definition) is 0. The van der Waals surface area contributed by atoms with Crippen LogP contribution in [-0.2, 0) is 0 Å².